The molecule has 0 fully saturated rings. The van der Waals surface area contributed by atoms with Gasteiger partial charge in [0.25, 0.3) is 0 Å². The molecule has 0 heterocycles. The van der Waals surface area contributed by atoms with E-state index in [4.69, 9.17) is 11.6 Å². The maximum atomic E-state index is 12.3. The number of aryl methyl sites for hydroxylation is 1. The van der Waals surface area contributed by atoms with Gasteiger partial charge in [0, 0.05) is 11.3 Å². The molecule has 0 aliphatic heterocycles. The molecule has 0 bridgehead atoms. The van der Waals surface area contributed by atoms with Crippen LogP contribution in [0.3, 0.4) is 0 Å². The number of hydrogen-bond acceptors (Lipinski definition) is 3. The predicted octanol–water partition coefficient (Wildman–Crippen LogP) is 2.96. The van der Waals surface area contributed by atoms with Crippen LogP contribution in [-0.4, -0.2) is 24.2 Å². The fourth-order valence-electron chi connectivity index (χ4n) is 1.67. The van der Waals surface area contributed by atoms with Gasteiger partial charge < -0.3 is 0 Å². The Balaban J connectivity index is 3.26. The van der Waals surface area contributed by atoms with Crippen LogP contribution < -0.4 is 0 Å². The minimum Gasteiger partial charge on any atom is -0.291 e. The molecule has 3 nitrogen and oxygen atoms in total. The number of rotatable bonds is 5. The Hall–Kier alpha value is -0.870. The van der Waals surface area contributed by atoms with Crippen LogP contribution in [0, 0.1) is 6.92 Å². The fraction of sp³-hybridized carbons (Fsp3) is 0.462. The van der Waals surface area contributed by atoms with E-state index in [0.29, 0.717) is 5.56 Å². The van der Waals surface area contributed by atoms with Gasteiger partial charge in [-0.05, 0) is 13.3 Å². The molecule has 0 unspecified atom stereocenters. The van der Waals surface area contributed by atoms with Crippen LogP contribution in [-0.2, 0) is 9.84 Å². The summed E-state index contributed by atoms with van der Waals surface area (Å²) in [6.45, 7) is 4.99. The molecule has 0 aliphatic carbocycles. The van der Waals surface area contributed by atoms with Crippen LogP contribution in [0.4, 0.5) is 0 Å². The van der Waals surface area contributed by atoms with Gasteiger partial charge in [-0.1, -0.05) is 55.3 Å². The highest BCUT2D eigenvalue weighted by atomic mass is 35.5. The normalized spacial score (nSPS) is 15.1. The van der Waals surface area contributed by atoms with Crippen molar-refractivity contribution >= 4 is 27.2 Å². The Morgan fingerprint density at radius 1 is 1.22 bits per heavy atom. The molecule has 1 atom stereocenters. The van der Waals surface area contributed by atoms with E-state index in [-0.39, 0.29) is 12.2 Å². The lowest BCUT2D eigenvalue weighted by Crippen LogP contribution is -2.41. The summed E-state index contributed by atoms with van der Waals surface area (Å²) in [7, 11) is -3.65. The first-order valence-corrected chi connectivity index (χ1v) is 7.84. The highest BCUT2D eigenvalue weighted by molar-refractivity contribution is 7.95. The summed E-state index contributed by atoms with van der Waals surface area (Å²) in [6, 6.07) is 6.74. The molecule has 0 N–H and O–H groups in total. The lowest BCUT2D eigenvalue weighted by molar-refractivity contribution is 0.0970. The largest absolute Gasteiger partial charge is 0.291 e. The molecule has 18 heavy (non-hydrogen) atoms. The summed E-state index contributed by atoms with van der Waals surface area (Å²) >= 11 is 6.10. The van der Waals surface area contributed by atoms with Crippen molar-refractivity contribution in [3.05, 3.63) is 35.4 Å². The van der Waals surface area contributed by atoms with E-state index in [1.54, 1.807) is 31.2 Å². The monoisotopic (exact) mass is 288 g/mol. The number of benzene rings is 1. The van der Waals surface area contributed by atoms with E-state index in [9.17, 15) is 13.2 Å². The molecular formula is C13H17ClO3S. The van der Waals surface area contributed by atoms with Crippen molar-refractivity contribution in [1.29, 1.82) is 0 Å². The molecule has 0 saturated heterocycles. The zero-order valence-electron chi connectivity index (χ0n) is 10.7. The number of sulfone groups is 1. The Kier molecular flexibility index (Phi) is 4.56. The van der Waals surface area contributed by atoms with E-state index in [2.05, 4.69) is 0 Å². The number of Topliss-reactive ketones (excluding diaryl/α,β-unsaturated/α-hetero) is 1. The molecule has 100 valence electrons. The third-order valence-electron chi connectivity index (χ3n) is 2.98. The van der Waals surface area contributed by atoms with Crippen LogP contribution in [0.5, 0.6) is 0 Å². The molecule has 0 radical (unpaired) electrons. The SMILES string of the molecule is CC[C@](Cl)(C(=O)c1ccc(C)cc1)S(=O)(=O)CC. The second-order valence-electron chi connectivity index (χ2n) is 4.18. The molecule has 1 rings (SSSR count). The van der Waals surface area contributed by atoms with Crippen LogP contribution in [0.25, 0.3) is 0 Å². The first-order chi connectivity index (χ1) is 8.28. The topological polar surface area (TPSA) is 51.2 Å². The molecule has 0 aromatic heterocycles. The maximum absolute atomic E-state index is 12.3. The van der Waals surface area contributed by atoms with Gasteiger partial charge in [0.05, 0.1) is 0 Å². The number of carbonyl (C=O) groups is 1. The van der Waals surface area contributed by atoms with Crippen molar-refractivity contribution in [3.63, 3.8) is 0 Å². The summed E-state index contributed by atoms with van der Waals surface area (Å²) in [5, 5.41) is 0. The molecule has 1 aromatic rings. The Morgan fingerprint density at radius 3 is 2.11 bits per heavy atom. The highest BCUT2D eigenvalue weighted by Gasteiger charge is 2.46. The van der Waals surface area contributed by atoms with Crippen LogP contribution in [0.15, 0.2) is 24.3 Å². The Bertz CT molecular complexity index is 534. The van der Waals surface area contributed by atoms with Gasteiger partial charge in [-0.15, -0.1) is 0 Å². The average Bonchev–Trinajstić information content (AvgIpc) is 2.37. The molecule has 0 saturated carbocycles. The van der Waals surface area contributed by atoms with Crippen molar-refractivity contribution in [2.24, 2.45) is 0 Å². The summed E-state index contributed by atoms with van der Waals surface area (Å²) in [5.41, 5.74) is 1.33. The molecule has 0 spiro atoms. The number of halogens is 1. The second-order valence-corrected chi connectivity index (χ2v) is 7.55. The first kappa shape index (κ1) is 15.2. The van der Waals surface area contributed by atoms with E-state index in [1.165, 1.54) is 6.92 Å². The molecule has 0 amide bonds. The first-order valence-electron chi connectivity index (χ1n) is 5.81. The summed E-state index contributed by atoms with van der Waals surface area (Å²) < 4.78 is 22.1. The van der Waals surface area contributed by atoms with Gasteiger partial charge in [0.2, 0.25) is 4.21 Å². The van der Waals surface area contributed by atoms with Crippen molar-refractivity contribution < 1.29 is 13.2 Å². The van der Waals surface area contributed by atoms with E-state index < -0.39 is 19.8 Å². The minimum atomic E-state index is -3.65. The van der Waals surface area contributed by atoms with Gasteiger partial charge in [-0.2, -0.15) is 0 Å². The maximum Gasteiger partial charge on any atom is 0.207 e. The Morgan fingerprint density at radius 2 is 1.72 bits per heavy atom. The van der Waals surface area contributed by atoms with Crippen molar-refractivity contribution in [1.82, 2.24) is 0 Å². The molecule has 1 aromatic carbocycles. The third kappa shape index (κ3) is 2.59. The Labute approximate surface area is 113 Å². The predicted molar refractivity (Wildman–Crippen MR) is 73.8 cm³/mol. The number of ketones is 1. The zero-order valence-corrected chi connectivity index (χ0v) is 12.3. The van der Waals surface area contributed by atoms with E-state index >= 15 is 0 Å². The lowest BCUT2D eigenvalue weighted by atomic mass is 10.0. The summed E-state index contributed by atoms with van der Waals surface area (Å²) in [5.74, 6) is -0.699. The summed E-state index contributed by atoms with van der Waals surface area (Å²) in [6.07, 6.45) is 0.0530. The minimum absolute atomic E-state index is 0.0530. The average molecular weight is 289 g/mol. The van der Waals surface area contributed by atoms with Gasteiger partial charge in [0.1, 0.15) is 0 Å². The fourth-order valence-corrected chi connectivity index (χ4v) is 3.41. The van der Waals surface area contributed by atoms with Crippen LogP contribution in [0.2, 0.25) is 0 Å². The second kappa shape index (κ2) is 5.41. The number of alkyl halides is 1. The van der Waals surface area contributed by atoms with Crippen molar-refractivity contribution in [3.8, 4) is 0 Å². The van der Waals surface area contributed by atoms with Gasteiger partial charge in [0.15, 0.2) is 15.6 Å². The number of hydrogen-bond donors (Lipinski definition) is 0. The van der Waals surface area contributed by atoms with Crippen LogP contribution in [0.1, 0.15) is 36.2 Å². The number of carbonyl (C=O) groups excluding carboxylic acids is 1. The third-order valence-corrected chi connectivity index (χ3v) is 6.34. The molecule has 0 aliphatic rings. The highest BCUT2D eigenvalue weighted by Crippen LogP contribution is 2.32. The standard InChI is InChI=1S/C13H17ClO3S/c1-4-13(14,18(16,17)5-2)12(15)11-8-6-10(3)7-9-11/h6-9H,4-5H2,1-3H3/t13-/m1/s1. The van der Waals surface area contributed by atoms with Gasteiger partial charge >= 0.3 is 0 Å². The quantitative estimate of drug-likeness (QED) is 0.618. The summed E-state index contributed by atoms with van der Waals surface area (Å²) in [4.78, 5) is 12.3. The van der Waals surface area contributed by atoms with Gasteiger partial charge in [-0.25, -0.2) is 8.42 Å². The smallest absolute Gasteiger partial charge is 0.207 e. The van der Waals surface area contributed by atoms with Gasteiger partial charge in [-0.3, -0.25) is 4.79 Å². The molecular weight excluding hydrogens is 272 g/mol. The van der Waals surface area contributed by atoms with Crippen molar-refractivity contribution in [2.45, 2.75) is 31.4 Å². The lowest BCUT2D eigenvalue weighted by Gasteiger charge is -2.23. The zero-order chi connectivity index (χ0) is 14.0. The molecule has 5 heteroatoms. The van der Waals surface area contributed by atoms with E-state index in [1.807, 2.05) is 6.92 Å². The van der Waals surface area contributed by atoms with Crippen LogP contribution >= 0.6 is 11.6 Å². The van der Waals surface area contributed by atoms with E-state index in [0.717, 1.165) is 5.56 Å². The van der Waals surface area contributed by atoms with Crippen molar-refractivity contribution in [2.75, 3.05) is 5.75 Å².